The molecule has 1 N–H and O–H groups in total. The molecule has 2 aromatic heterocycles. The van der Waals surface area contributed by atoms with Gasteiger partial charge in [-0.1, -0.05) is 0 Å². The zero-order valence-electron chi connectivity index (χ0n) is 14.9. The number of aryl methyl sites for hydroxylation is 1. The van der Waals surface area contributed by atoms with E-state index in [1.54, 1.807) is 0 Å². The lowest BCUT2D eigenvalue weighted by atomic mass is 10.1. The number of H-pyrrole nitrogens is 1. The van der Waals surface area contributed by atoms with Gasteiger partial charge >= 0.3 is 0 Å². The van der Waals surface area contributed by atoms with Gasteiger partial charge in [0, 0.05) is 38.3 Å². The Bertz CT molecular complexity index is 629. The maximum Gasteiger partial charge on any atom is 0.152 e. The first-order valence-electron chi connectivity index (χ1n) is 8.69. The van der Waals surface area contributed by atoms with Crippen LogP contribution in [0.2, 0.25) is 0 Å². The molecule has 24 heavy (non-hydrogen) atoms. The van der Waals surface area contributed by atoms with Crippen molar-refractivity contribution >= 4 is 0 Å². The van der Waals surface area contributed by atoms with Gasteiger partial charge < -0.3 is 14.1 Å². The number of aromatic nitrogens is 2. The van der Waals surface area contributed by atoms with Crippen LogP contribution < -0.4 is 0 Å². The van der Waals surface area contributed by atoms with Crippen LogP contribution in [0.4, 0.5) is 0 Å². The summed E-state index contributed by atoms with van der Waals surface area (Å²) in [5.74, 6) is 1.76. The molecular formula is C18H28N4O2. The lowest BCUT2D eigenvalue weighted by Crippen LogP contribution is -2.36. The average molecular weight is 332 g/mol. The number of ether oxygens (including phenoxy) is 1. The Morgan fingerprint density at radius 3 is 2.83 bits per heavy atom. The fraction of sp³-hybridized carbons (Fsp3) is 0.611. The number of nitrogens with one attached hydrogen (secondary N) is 1. The number of nitrogens with zero attached hydrogens (tertiary/aromatic N) is 3. The second-order valence-electron chi connectivity index (χ2n) is 6.85. The molecule has 0 amide bonds. The van der Waals surface area contributed by atoms with Crippen LogP contribution in [-0.4, -0.2) is 66.4 Å². The second kappa shape index (κ2) is 7.96. The lowest BCUT2D eigenvalue weighted by molar-refractivity contribution is 0.0683. The van der Waals surface area contributed by atoms with E-state index in [0.717, 1.165) is 56.4 Å². The van der Waals surface area contributed by atoms with Crippen molar-refractivity contribution in [3.8, 4) is 11.5 Å². The van der Waals surface area contributed by atoms with E-state index in [4.69, 9.17) is 9.15 Å². The third kappa shape index (κ3) is 4.47. The predicted octanol–water partition coefficient (Wildman–Crippen LogP) is 2.52. The maximum atomic E-state index is 5.83. The van der Waals surface area contributed by atoms with Gasteiger partial charge in [0.15, 0.2) is 5.76 Å². The molecule has 6 nitrogen and oxygen atoms in total. The molecule has 0 aromatic carbocycles. The van der Waals surface area contributed by atoms with Crippen molar-refractivity contribution in [2.24, 2.45) is 0 Å². The number of hydrogen-bond donors (Lipinski definition) is 1. The van der Waals surface area contributed by atoms with Crippen molar-refractivity contribution in [3.63, 3.8) is 0 Å². The fourth-order valence-corrected chi connectivity index (χ4v) is 3.11. The van der Waals surface area contributed by atoms with Gasteiger partial charge in [-0.05, 0) is 46.0 Å². The summed E-state index contributed by atoms with van der Waals surface area (Å²) >= 11 is 0. The quantitative estimate of drug-likeness (QED) is 0.805. The van der Waals surface area contributed by atoms with E-state index in [1.807, 2.05) is 25.3 Å². The molecule has 0 spiro atoms. The minimum Gasteiger partial charge on any atom is -0.460 e. The Labute approximate surface area is 143 Å². The standard InChI is InChI=1S/C18H28N4O2/c1-14-6-7-17(24-14)18-15(11-19-20-18)12-22(9-8-21(2)3)13-16-5-4-10-23-16/h6-7,11,16H,4-5,8-10,12-13H2,1-3H3,(H,19,20). The fourth-order valence-electron chi connectivity index (χ4n) is 3.11. The van der Waals surface area contributed by atoms with Gasteiger partial charge in [0.1, 0.15) is 11.5 Å². The Balaban J connectivity index is 1.70. The third-order valence-electron chi connectivity index (χ3n) is 4.45. The number of furan rings is 1. The molecule has 0 bridgehead atoms. The molecule has 1 aliphatic heterocycles. The Morgan fingerprint density at radius 2 is 2.17 bits per heavy atom. The highest BCUT2D eigenvalue weighted by molar-refractivity contribution is 5.56. The molecular weight excluding hydrogens is 304 g/mol. The van der Waals surface area contributed by atoms with Gasteiger partial charge in [0.25, 0.3) is 0 Å². The van der Waals surface area contributed by atoms with Crippen LogP contribution in [0.3, 0.4) is 0 Å². The Hall–Kier alpha value is -1.63. The van der Waals surface area contributed by atoms with Gasteiger partial charge in [-0.15, -0.1) is 0 Å². The highest BCUT2D eigenvalue weighted by atomic mass is 16.5. The lowest BCUT2D eigenvalue weighted by Gasteiger charge is -2.26. The summed E-state index contributed by atoms with van der Waals surface area (Å²) in [6.45, 7) is 6.71. The van der Waals surface area contributed by atoms with Crippen molar-refractivity contribution in [2.75, 3.05) is 40.3 Å². The minimum atomic E-state index is 0.355. The number of likely N-dealkylation sites (N-methyl/N-ethyl adjacent to an activating group) is 1. The summed E-state index contributed by atoms with van der Waals surface area (Å²) in [5.41, 5.74) is 2.14. The van der Waals surface area contributed by atoms with Crippen LogP contribution in [-0.2, 0) is 11.3 Å². The van der Waals surface area contributed by atoms with Crippen molar-refractivity contribution in [1.29, 1.82) is 0 Å². The summed E-state index contributed by atoms with van der Waals surface area (Å²) in [7, 11) is 4.22. The molecule has 0 radical (unpaired) electrons. The van der Waals surface area contributed by atoms with E-state index < -0.39 is 0 Å². The smallest absolute Gasteiger partial charge is 0.152 e. The highest BCUT2D eigenvalue weighted by Crippen LogP contribution is 2.25. The summed E-state index contributed by atoms with van der Waals surface area (Å²) in [6.07, 6.45) is 4.60. The first kappa shape index (κ1) is 17.2. The SMILES string of the molecule is Cc1ccc(-c2[nH]ncc2CN(CCN(C)C)CC2CCCO2)o1. The van der Waals surface area contributed by atoms with E-state index in [1.165, 1.54) is 12.0 Å². The van der Waals surface area contributed by atoms with Crippen molar-refractivity contribution in [2.45, 2.75) is 32.4 Å². The molecule has 1 atom stereocenters. The molecule has 1 saturated heterocycles. The molecule has 0 saturated carbocycles. The molecule has 2 aromatic rings. The predicted molar refractivity (Wildman–Crippen MR) is 93.8 cm³/mol. The van der Waals surface area contributed by atoms with Crippen molar-refractivity contribution < 1.29 is 9.15 Å². The summed E-state index contributed by atoms with van der Waals surface area (Å²) in [6, 6.07) is 3.98. The third-order valence-corrected chi connectivity index (χ3v) is 4.45. The molecule has 1 fully saturated rings. The molecule has 1 aliphatic rings. The Morgan fingerprint density at radius 1 is 1.29 bits per heavy atom. The zero-order valence-corrected chi connectivity index (χ0v) is 14.9. The molecule has 3 heterocycles. The summed E-state index contributed by atoms with van der Waals surface area (Å²) < 4.78 is 11.6. The monoisotopic (exact) mass is 332 g/mol. The van der Waals surface area contributed by atoms with Crippen LogP contribution in [0.25, 0.3) is 11.5 Å². The molecule has 132 valence electrons. The summed E-state index contributed by atoms with van der Waals surface area (Å²) in [4.78, 5) is 4.68. The van der Waals surface area contributed by atoms with Crippen LogP contribution in [0.5, 0.6) is 0 Å². The first-order valence-corrected chi connectivity index (χ1v) is 8.69. The van der Waals surface area contributed by atoms with Gasteiger partial charge in [-0.2, -0.15) is 5.10 Å². The van der Waals surface area contributed by atoms with Crippen LogP contribution in [0.15, 0.2) is 22.7 Å². The van der Waals surface area contributed by atoms with Crippen LogP contribution >= 0.6 is 0 Å². The van der Waals surface area contributed by atoms with E-state index in [9.17, 15) is 0 Å². The van der Waals surface area contributed by atoms with Gasteiger partial charge in [0.2, 0.25) is 0 Å². The van der Waals surface area contributed by atoms with Gasteiger partial charge in [0.05, 0.1) is 12.3 Å². The second-order valence-corrected chi connectivity index (χ2v) is 6.85. The first-order chi connectivity index (χ1) is 11.6. The topological polar surface area (TPSA) is 57.5 Å². The maximum absolute atomic E-state index is 5.83. The van der Waals surface area contributed by atoms with Crippen molar-refractivity contribution in [1.82, 2.24) is 20.0 Å². The molecule has 3 rings (SSSR count). The van der Waals surface area contributed by atoms with Crippen molar-refractivity contribution in [3.05, 3.63) is 29.7 Å². The number of aromatic amines is 1. The van der Waals surface area contributed by atoms with Gasteiger partial charge in [-0.25, -0.2) is 0 Å². The normalized spacial score (nSPS) is 18.1. The minimum absolute atomic E-state index is 0.355. The molecule has 6 heteroatoms. The summed E-state index contributed by atoms with van der Waals surface area (Å²) in [5, 5.41) is 7.32. The van der Waals surface area contributed by atoms with Gasteiger partial charge in [-0.3, -0.25) is 10.00 Å². The van der Waals surface area contributed by atoms with Crippen LogP contribution in [0.1, 0.15) is 24.2 Å². The van der Waals surface area contributed by atoms with E-state index in [2.05, 4.69) is 34.1 Å². The molecule has 0 aliphatic carbocycles. The number of hydrogen-bond acceptors (Lipinski definition) is 5. The number of rotatable bonds is 8. The van der Waals surface area contributed by atoms with E-state index in [0.29, 0.717) is 6.10 Å². The van der Waals surface area contributed by atoms with E-state index >= 15 is 0 Å². The Kier molecular flexibility index (Phi) is 5.71. The zero-order chi connectivity index (χ0) is 16.9. The van der Waals surface area contributed by atoms with Crippen LogP contribution in [0, 0.1) is 6.92 Å². The highest BCUT2D eigenvalue weighted by Gasteiger charge is 2.21. The molecule has 1 unspecified atom stereocenters. The average Bonchev–Trinajstić information content (AvgIpc) is 3.26. The van der Waals surface area contributed by atoms with E-state index in [-0.39, 0.29) is 0 Å². The largest absolute Gasteiger partial charge is 0.460 e.